The van der Waals surface area contributed by atoms with Crippen molar-refractivity contribution in [3.63, 3.8) is 0 Å². The first kappa shape index (κ1) is 18.4. The summed E-state index contributed by atoms with van der Waals surface area (Å²) in [6.07, 6.45) is 6.24. The highest BCUT2D eigenvalue weighted by atomic mass is 16.1. The summed E-state index contributed by atoms with van der Waals surface area (Å²) in [7, 11) is 0. The Balaban J connectivity index is 1.82. The van der Waals surface area contributed by atoms with E-state index in [1.165, 1.54) is 11.1 Å². The second-order valence-corrected chi connectivity index (χ2v) is 7.33. The van der Waals surface area contributed by atoms with Crippen LogP contribution in [0, 0.1) is 0 Å². The van der Waals surface area contributed by atoms with Gasteiger partial charge < -0.3 is 10.7 Å². The van der Waals surface area contributed by atoms with Gasteiger partial charge in [0.2, 0.25) is 5.91 Å². The molecule has 1 aromatic heterocycles. The van der Waals surface area contributed by atoms with E-state index in [1.807, 2.05) is 6.07 Å². The maximum atomic E-state index is 12.5. The van der Waals surface area contributed by atoms with E-state index in [-0.39, 0.29) is 17.4 Å². The minimum Gasteiger partial charge on any atom is -0.370 e. The second kappa shape index (κ2) is 8.35. The van der Waals surface area contributed by atoms with Gasteiger partial charge in [-0.25, -0.2) is 0 Å². The van der Waals surface area contributed by atoms with E-state index in [0.717, 1.165) is 49.8 Å². The zero-order valence-electron chi connectivity index (χ0n) is 15.5. The highest BCUT2D eigenvalue weighted by Gasteiger charge is 2.26. The van der Waals surface area contributed by atoms with E-state index in [9.17, 15) is 9.59 Å². The molecular weight excluding hydrogens is 324 g/mol. The van der Waals surface area contributed by atoms with Gasteiger partial charge in [0.15, 0.2) is 0 Å². The quantitative estimate of drug-likeness (QED) is 0.670. The molecule has 3 rings (SSSR count). The fraction of sp³-hybridized carbons (Fsp3) is 0.455. The molecule has 0 aliphatic heterocycles. The number of aryl methyl sites for hydroxylation is 1. The lowest BCUT2D eigenvalue weighted by Crippen LogP contribution is -2.16. The van der Waals surface area contributed by atoms with E-state index in [4.69, 9.17) is 5.73 Å². The molecule has 138 valence electrons. The largest absolute Gasteiger partial charge is 0.370 e. The van der Waals surface area contributed by atoms with Crippen molar-refractivity contribution in [2.45, 2.75) is 63.7 Å². The van der Waals surface area contributed by atoms with Crippen LogP contribution >= 0.6 is 0 Å². The molecule has 4 heteroatoms. The van der Waals surface area contributed by atoms with Gasteiger partial charge >= 0.3 is 0 Å². The summed E-state index contributed by atoms with van der Waals surface area (Å²) < 4.78 is 0. The lowest BCUT2D eigenvalue weighted by Gasteiger charge is -2.18. The predicted octanol–water partition coefficient (Wildman–Crippen LogP) is 3.99. The molecule has 4 nitrogen and oxygen atoms in total. The standard InChI is InChI=1S/C22H28N2O2/c1-2-15-7-9-16(10-8-15)18(5-3-4-6-21(23)25)20-14-13-19(17-11-12-17)22(26)24-20/h7-10,13-14,17-18H,2-6,11-12H2,1H3,(H2,23,25)(H,24,26)/t18-/m1/s1. The molecule has 0 radical (unpaired) electrons. The average Bonchev–Trinajstić information content (AvgIpc) is 3.47. The Hall–Kier alpha value is -2.36. The molecule has 1 aliphatic carbocycles. The topological polar surface area (TPSA) is 76.0 Å². The molecule has 26 heavy (non-hydrogen) atoms. The number of carbonyl (C=O) groups is 1. The van der Waals surface area contributed by atoms with E-state index >= 15 is 0 Å². The highest BCUT2D eigenvalue weighted by molar-refractivity contribution is 5.73. The molecule has 1 saturated carbocycles. The fourth-order valence-corrected chi connectivity index (χ4v) is 3.55. The number of H-pyrrole nitrogens is 1. The van der Waals surface area contributed by atoms with Crippen LogP contribution < -0.4 is 11.3 Å². The van der Waals surface area contributed by atoms with E-state index in [2.05, 4.69) is 42.2 Å². The third-order valence-corrected chi connectivity index (χ3v) is 5.31. The highest BCUT2D eigenvalue weighted by Crippen LogP contribution is 2.38. The number of aromatic amines is 1. The molecule has 2 aromatic rings. The molecular formula is C22H28N2O2. The van der Waals surface area contributed by atoms with Crippen molar-refractivity contribution in [1.82, 2.24) is 4.98 Å². The second-order valence-electron chi connectivity index (χ2n) is 7.33. The number of unbranched alkanes of at least 4 members (excludes halogenated alkanes) is 1. The van der Waals surface area contributed by atoms with Crippen LogP contribution in [0.3, 0.4) is 0 Å². The van der Waals surface area contributed by atoms with Crippen LogP contribution in [0.15, 0.2) is 41.2 Å². The minimum absolute atomic E-state index is 0.0531. The number of primary amides is 1. The summed E-state index contributed by atoms with van der Waals surface area (Å²) >= 11 is 0. The molecule has 3 N–H and O–H groups in total. The Kier molecular flexibility index (Phi) is 5.92. The molecule has 1 aliphatic rings. The van der Waals surface area contributed by atoms with Crippen LogP contribution in [-0.2, 0) is 11.2 Å². The van der Waals surface area contributed by atoms with Crippen molar-refractivity contribution >= 4 is 5.91 Å². The van der Waals surface area contributed by atoms with Gasteiger partial charge in [0, 0.05) is 23.6 Å². The first-order chi connectivity index (χ1) is 12.6. The number of carbonyl (C=O) groups excluding carboxylic acids is 1. The van der Waals surface area contributed by atoms with Crippen LogP contribution in [-0.4, -0.2) is 10.9 Å². The Morgan fingerprint density at radius 1 is 1.15 bits per heavy atom. The maximum absolute atomic E-state index is 12.5. The Labute approximate surface area is 154 Å². The predicted molar refractivity (Wildman–Crippen MR) is 104 cm³/mol. The van der Waals surface area contributed by atoms with Gasteiger partial charge in [-0.05, 0) is 55.2 Å². The normalized spacial score (nSPS) is 15.0. The number of pyridine rings is 1. The number of nitrogens with two attached hydrogens (primary N) is 1. The lowest BCUT2D eigenvalue weighted by atomic mass is 9.89. The first-order valence-electron chi connectivity index (χ1n) is 9.68. The molecule has 1 aromatic carbocycles. The summed E-state index contributed by atoms with van der Waals surface area (Å²) in [6, 6.07) is 12.7. The molecule has 0 saturated heterocycles. The fourth-order valence-electron chi connectivity index (χ4n) is 3.55. The maximum Gasteiger partial charge on any atom is 0.251 e. The van der Waals surface area contributed by atoms with Gasteiger partial charge in [0.05, 0.1) is 0 Å². The van der Waals surface area contributed by atoms with E-state index in [1.54, 1.807) is 0 Å². The van der Waals surface area contributed by atoms with Crippen LogP contribution in [0.25, 0.3) is 0 Å². The third kappa shape index (κ3) is 4.63. The number of hydrogen-bond donors (Lipinski definition) is 2. The lowest BCUT2D eigenvalue weighted by molar-refractivity contribution is -0.118. The van der Waals surface area contributed by atoms with Crippen LogP contribution in [0.4, 0.5) is 0 Å². The van der Waals surface area contributed by atoms with Gasteiger partial charge in [-0.15, -0.1) is 0 Å². The zero-order chi connectivity index (χ0) is 18.5. The minimum atomic E-state index is -0.254. The average molecular weight is 352 g/mol. The number of amides is 1. The third-order valence-electron chi connectivity index (χ3n) is 5.31. The summed E-state index contributed by atoms with van der Waals surface area (Å²) in [5.74, 6) is 0.330. The van der Waals surface area contributed by atoms with Crippen LogP contribution in [0.5, 0.6) is 0 Å². The number of benzene rings is 1. The Bertz CT molecular complexity index is 804. The molecule has 1 heterocycles. The molecule has 0 spiro atoms. The van der Waals surface area contributed by atoms with Crippen molar-refractivity contribution in [1.29, 1.82) is 0 Å². The van der Waals surface area contributed by atoms with Crippen molar-refractivity contribution in [2.75, 3.05) is 0 Å². The summed E-state index contributed by atoms with van der Waals surface area (Å²) in [5.41, 5.74) is 9.69. The Morgan fingerprint density at radius 3 is 2.46 bits per heavy atom. The van der Waals surface area contributed by atoms with E-state index in [0.29, 0.717) is 12.3 Å². The van der Waals surface area contributed by atoms with Crippen molar-refractivity contribution in [3.8, 4) is 0 Å². The van der Waals surface area contributed by atoms with Crippen molar-refractivity contribution in [3.05, 3.63) is 69.1 Å². The molecule has 0 unspecified atom stereocenters. The van der Waals surface area contributed by atoms with Crippen LogP contribution in [0.1, 0.15) is 79.7 Å². The molecule has 1 amide bonds. The SMILES string of the molecule is CCc1ccc([C@@H](CCCCC(N)=O)c2ccc(C3CC3)c(=O)[nH]2)cc1. The monoisotopic (exact) mass is 352 g/mol. The van der Waals surface area contributed by atoms with Gasteiger partial charge in [-0.3, -0.25) is 9.59 Å². The van der Waals surface area contributed by atoms with Gasteiger partial charge in [-0.1, -0.05) is 43.7 Å². The van der Waals surface area contributed by atoms with Crippen molar-refractivity contribution < 1.29 is 4.79 Å². The Morgan fingerprint density at radius 2 is 1.88 bits per heavy atom. The molecule has 1 atom stereocenters. The molecule has 0 bridgehead atoms. The first-order valence-corrected chi connectivity index (χ1v) is 9.68. The summed E-state index contributed by atoms with van der Waals surface area (Å²) in [5, 5.41) is 0. The van der Waals surface area contributed by atoms with Gasteiger partial charge in [-0.2, -0.15) is 0 Å². The summed E-state index contributed by atoms with van der Waals surface area (Å²) in [6.45, 7) is 2.14. The van der Waals surface area contributed by atoms with Gasteiger partial charge in [0.1, 0.15) is 0 Å². The number of rotatable bonds is 9. The number of aromatic nitrogens is 1. The summed E-state index contributed by atoms with van der Waals surface area (Å²) in [4.78, 5) is 26.6. The van der Waals surface area contributed by atoms with Gasteiger partial charge in [0.25, 0.3) is 5.56 Å². The smallest absolute Gasteiger partial charge is 0.251 e. The number of hydrogen-bond acceptors (Lipinski definition) is 2. The molecule has 1 fully saturated rings. The number of nitrogens with one attached hydrogen (secondary N) is 1. The zero-order valence-corrected chi connectivity index (χ0v) is 15.5. The van der Waals surface area contributed by atoms with Crippen LogP contribution in [0.2, 0.25) is 0 Å². The van der Waals surface area contributed by atoms with Crippen molar-refractivity contribution in [2.24, 2.45) is 5.73 Å². The van der Waals surface area contributed by atoms with E-state index < -0.39 is 0 Å².